The molecule has 0 saturated carbocycles. The second-order valence-electron chi connectivity index (χ2n) is 5.51. The molecule has 0 spiro atoms. The molecule has 0 unspecified atom stereocenters. The van der Waals surface area contributed by atoms with Crippen molar-refractivity contribution in [3.8, 4) is 0 Å². The number of aliphatic carboxylic acids is 1. The van der Waals surface area contributed by atoms with Crippen LogP contribution in [0.3, 0.4) is 0 Å². The van der Waals surface area contributed by atoms with Crippen molar-refractivity contribution in [3.63, 3.8) is 0 Å². The number of allylic oxidation sites excluding steroid dienone is 2. The van der Waals surface area contributed by atoms with Crippen LogP contribution in [0.25, 0.3) is 0 Å². The predicted molar refractivity (Wildman–Crippen MR) is 88.9 cm³/mol. The lowest BCUT2D eigenvalue weighted by Crippen LogP contribution is -2.34. The second-order valence-corrected chi connectivity index (χ2v) is 7.28. The van der Waals surface area contributed by atoms with Gasteiger partial charge in [0, 0.05) is 12.2 Å². The van der Waals surface area contributed by atoms with Crippen LogP contribution in [0.1, 0.15) is 19.8 Å². The molecular formula is C16H20N2O5S. The zero-order valence-electron chi connectivity index (χ0n) is 13.2. The average Bonchev–Trinajstić information content (AvgIpc) is 2.55. The van der Waals surface area contributed by atoms with Gasteiger partial charge in [0.1, 0.15) is 0 Å². The maximum Gasteiger partial charge on any atom is 0.307 e. The molecule has 1 aromatic carbocycles. The highest BCUT2D eigenvalue weighted by molar-refractivity contribution is 7.89. The lowest BCUT2D eigenvalue weighted by atomic mass is 9.82. The topological polar surface area (TPSA) is 113 Å². The second kappa shape index (κ2) is 7.59. The van der Waals surface area contributed by atoms with E-state index in [1.807, 2.05) is 0 Å². The zero-order chi connectivity index (χ0) is 17.7. The van der Waals surface area contributed by atoms with Crippen LogP contribution in [0.5, 0.6) is 0 Å². The molecule has 0 bridgehead atoms. The Balaban J connectivity index is 2.09. The summed E-state index contributed by atoms with van der Waals surface area (Å²) in [7, 11) is -3.55. The van der Waals surface area contributed by atoms with Gasteiger partial charge in [0.2, 0.25) is 15.9 Å². The van der Waals surface area contributed by atoms with E-state index >= 15 is 0 Å². The smallest absolute Gasteiger partial charge is 0.307 e. The molecule has 1 aliphatic rings. The minimum absolute atomic E-state index is 0.103. The molecule has 0 heterocycles. The Morgan fingerprint density at radius 1 is 1.12 bits per heavy atom. The van der Waals surface area contributed by atoms with Crippen LogP contribution in [0.2, 0.25) is 0 Å². The van der Waals surface area contributed by atoms with Gasteiger partial charge in [-0.2, -0.15) is 0 Å². The molecule has 0 fully saturated rings. The van der Waals surface area contributed by atoms with E-state index in [0.29, 0.717) is 18.5 Å². The van der Waals surface area contributed by atoms with Crippen LogP contribution in [0, 0.1) is 11.8 Å². The van der Waals surface area contributed by atoms with Crippen molar-refractivity contribution in [2.75, 3.05) is 11.9 Å². The highest BCUT2D eigenvalue weighted by Crippen LogP contribution is 2.27. The van der Waals surface area contributed by atoms with Crippen LogP contribution < -0.4 is 10.0 Å². The highest BCUT2D eigenvalue weighted by atomic mass is 32.2. The first-order valence-corrected chi connectivity index (χ1v) is 9.12. The molecule has 0 aliphatic heterocycles. The Morgan fingerprint density at radius 2 is 1.71 bits per heavy atom. The minimum atomic E-state index is -3.55. The summed E-state index contributed by atoms with van der Waals surface area (Å²) in [6.07, 6.45) is 4.27. The van der Waals surface area contributed by atoms with Gasteiger partial charge in [-0.25, -0.2) is 13.1 Å². The Hall–Kier alpha value is -2.19. The summed E-state index contributed by atoms with van der Waals surface area (Å²) in [5, 5.41) is 11.9. The molecule has 7 nitrogen and oxygen atoms in total. The molecule has 1 aromatic rings. The Bertz CT molecular complexity index is 740. The number of nitrogens with one attached hydrogen (secondary N) is 2. The fraction of sp³-hybridized carbons (Fsp3) is 0.375. The van der Waals surface area contributed by atoms with E-state index in [1.165, 1.54) is 24.3 Å². The number of benzene rings is 1. The number of sulfonamides is 1. The zero-order valence-corrected chi connectivity index (χ0v) is 14.0. The van der Waals surface area contributed by atoms with Crippen molar-refractivity contribution in [2.24, 2.45) is 11.8 Å². The standard InChI is InChI=1S/C16H20N2O5S/c1-2-17-24(22,23)12-9-7-11(8-10-12)18-15(19)13-5-3-4-6-14(13)16(20)21/h3-4,7-10,13-14,17H,2,5-6H2,1H3,(H,18,19)(H,20,21)/t13-,14+/m1/s1. The summed E-state index contributed by atoms with van der Waals surface area (Å²) in [6, 6.07) is 5.75. The van der Waals surface area contributed by atoms with Crippen molar-refractivity contribution in [1.82, 2.24) is 4.72 Å². The molecule has 1 amide bonds. The molecule has 0 aromatic heterocycles. The van der Waals surface area contributed by atoms with Gasteiger partial charge in [0.25, 0.3) is 0 Å². The highest BCUT2D eigenvalue weighted by Gasteiger charge is 2.33. The third-order valence-electron chi connectivity index (χ3n) is 3.85. The first-order chi connectivity index (χ1) is 11.3. The van der Waals surface area contributed by atoms with E-state index < -0.39 is 27.8 Å². The van der Waals surface area contributed by atoms with Gasteiger partial charge in [-0.3, -0.25) is 9.59 Å². The van der Waals surface area contributed by atoms with Crippen LogP contribution in [0.4, 0.5) is 5.69 Å². The first kappa shape index (κ1) is 18.2. The van der Waals surface area contributed by atoms with Crippen LogP contribution in [-0.2, 0) is 19.6 Å². The Morgan fingerprint density at radius 3 is 2.25 bits per heavy atom. The number of amides is 1. The first-order valence-electron chi connectivity index (χ1n) is 7.63. The minimum Gasteiger partial charge on any atom is -0.481 e. The summed E-state index contributed by atoms with van der Waals surface area (Å²) in [5.41, 5.74) is 0.425. The normalized spacial score (nSPS) is 20.5. The van der Waals surface area contributed by atoms with E-state index in [0.717, 1.165) is 0 Å². The molecular weight excluding hydrogens is 332 g/mol. The predicted octanol–water partition coefficient (Wildman–Crippen LogP) is 1.59. The number of hydrogen-bond donors (Lipinski definition) is 3. The van der Waals surface area contributed by atoms with Gasteiger partial charge in [0.05, 0.1) is 16.7 Å². The maximum absolute atomic E-state index is 12.3. The van der Waals surface area contributed by atoms with Crippen molar-refractivity contribution in [3.05, 3.63) is 36.4 Å². The SMILES string of the molecule is CCNS(=O)(=O)c1ccc(NC(=O)[C@@H]2CC=CC[C@@H]2C(=O)O)cc1. The van der Waals surface area contributed by atoms with E-state index in [4.69, 9.17) is 0 Å². The molecule has 8 heteroatoms. The van der Waals surface area contributed by atoms with Gasteiger partial charge in [-0.1, -0.05) is 19.1 Å². The lowest BCUT2D eigenvalue weighted by Gasteiger charge is -2.24. The number of carbonyl (C=O) groups excluding carboxylic acids is 1. The summed E-state index contributed by atoms with van der Waals surface area (Å²) in [4.78, 5) is 23.7. The van der Waals surface area contributed by atoms with Crippen molar-refractivity contribution < 1.29 is 23.1 Å². The molecule has 0 saturated heterocycles. The third kappa shape index (κ3) is 4.21. The van der Waals surface area contributed by atoms with Gasteiger partial charge >= 0.3 is 5.97 Å². The molecule has 130 valence electrons. The van der Waals surface area contributed by atoms with Gasteiger partial charge < -0.3 is 10.4 Å². The number of hydrogen-bond acceptors (Lipinski definition) is 4. The largest absolute Gasteiger partial charge is 0.481 e. The van der Waals surface area contributed by atoms with Crippen LogP contribution in [0.15, 0.2) is 41.3 Å². The molecule has 1 aliphatic carbocycles. The van der Waals surface area contributed by atoms with E-state index in [9.17, 15) is 23.1 Å². The van der Waals surface area contributed by atoms with Gasteiger partial charge in [-0.15, -0.1) is 0 Å². The number of rotatable bonds is 6. The fourth-order valence-electron chi connectivity index (χ4n) is 2.60. The molecule has 0 radical (unpaired) electrons. The van der Waals surface area contributed by atoms with Crippen molar-refractivity contribution >= 4 is 27.6 Å². The van der Waals surface area contributed by atoms with Crippen LogP contribution in [-0.4, -0.2) is 31.9 Å². The van der Waals surface area contributed by atoms with Crippen molar-refractivity contribution in [1.29, 1.82) is 0 Å². The average molecular weight is 352 g/mol. The monoisotopic (exact) mass is 352 g/mol. The summed E-state index contributed by atoms with van der Waals surface area (Å²) >= 11 is 0. The Labute approximate surface area is 140 Å². The van der Waals surface area contributed by atoms with Crippen molar-refractivity contribution in [2.45, 2.75) is 24.7 Å². The Kier molecular flexibility index (Phi) is 5.74. The molecule has 24 heavy (non-hydrogen) atoms. The number of anilines is 1. The number of carbonyl (C=O) groups is 2. The quantitative estimate of drug-likeness (QED) is 0.673. The van der Waals surface area contributed by atoms with E-state index in [2.05, 4.69) is 10.0 Å². The molecule has 2 rings (SSSR count). The number of carboxylic acid groups (broad SMARTS) is 1. The summed E-state index contributed by atoms with van der Waals surface area (Å²) in [5.74, 6) is -2.76. The number of carboxylic acids is 1. The summed E-state index contributed by atoms with van der Waals surface area (Å²) in [6.45, 7) is 1.97. The van der Waals surface area contributed by atoms with E-state index in [-0.39, 0.29) is 17.3 Å². The molecule has 3 N–H and O–H groups in total. The van der Waals surface area contributed by atoms with Gasteiger partial charge in [-0.05, 0) is 37.1 Å². The van der Waals surface area contributed by atoms with E-state index in [1.54, 1.807) is 19.1 Å². The third-order valence-corrected chi connectivity index (χ3v) is 5.41. The van der Waals surface area contributed by atoms with Crippen LogP contribution >= 0.6 is 0 Å². The maximum atomic E-state index is 12.3. The molecule has 2 atom stereocenters. The van der Waals surface area contributed by atoms with Gasteiger partial charge in [0.15, 0.2) is 0 Å². The fourth-order valence-corrected chi connectivity index (χ4v) is 3.64. The lowest BCUT2D eigenvalue weighted by molar-refractivity contribution is -0.146. The summed E-state index contributed by atoms with van der Waals surface area (Å²) < 4.78 is 26.1.